The summed E-state index contributed by atoms with van der Waals surface area (Å²) in [5.74, 6) is 0.212. The van der Waals surface area contributed by atoms with E-state index in [2.05, 4.69) is 10.4 Å². The zero-order valence-electron chi connectivity index (χ0n) is 12.5. The first-order chi connectivity index (χ1) is 10.4. The number of benzene rings is 1. The molecule has 0 saturated carbocycles. The highest BCUT2D eigenvalue weighted by molar-refractivity contribution is 6.30. The second-order valence-corrected chi connectivity index (χ2v) is 5.30. The maximum Gasteiger partial charge on any atom is 0.269 e. The Hall–Kier alpha value is -2.58. The van der Waals surface area contributed by atoms with Crippen LogP contribution in [0.3, 0.4) is 0 Å². The Morgan fingerprint density at radius 1 is 1.32 bits per heavy atom. The van der Waals surface area contributed by atoms with Crippen LogP contribution in [0, 0.1) is 25.2 Å². The molecule has 22 heavy (non-hydrogen) atoms. The van der Waals surface area contributed by atoms with Crippen LogP contribution in [0.5, 0.6) is 0 Å². The molecular weight excluding hydrogens is 300 g/mol. The summed E-state index contributed by atoms with van der Waals surface area (Å²) in [6, 6.07) is 10.9. The molecule has 0 aliphatic heterocycles. The number of nitriles is 1. The van der Waals surface area contributed by atoms with Crippen LogP contribution in [-0.4, -0.2) is 17.9 Å². The maximum atomic E-state index is 12.2. The van der Waals surface area contributed by atoms with Gasteiger partial charge in [0, 0.05) is 12.6 Å². The molecule has 0 aliphatic rings. The minimum absolute atomic E-state index is 0.119. The number of hydrogen-bond acceptors (Lipinski definition) is 4. The molecule has 112 valence electrons. The van der Waals surface area contributed by atoms with Crippen LogP contribution < -0.4 is 10.4 Å². The Labute approximate surface area is 134 Å². The van der Waals surface area contributed by atoms with Crippen LogP contribution in [0.25, 0.3) is 0 Å². The zero-order chi connectivity index (χ0) is 16.3. The van der Waals surface area contributed by atoms with E-state index in [-0.39, 0.29) is 11.1 Å². The number of halogens is 1. The highest BCUT2D eigenvalue weighted by atomic mass is 35.5. The van der Waals surface area contributed by atoms with Gasteiger partial charge in [-0.15, -0.1) is 0 Å². The van der Waals surface area contributed by atoms with E-state index in [0.29, 0.717) is 22.5 Å². The minimum Gasteiger partial charge on any atom is -0.271 e. The van der Waals surface area contributed by atoms with E-state index in [9.17, 15) is 4.79 Å². The van der Waals surface area contributed by atoms with Crippen LogP contribution in [0.1, 0.15) is 27.0 Å². The third-order valence-electron chi connectivity index (χ3n) is 3.20. The molecule has 2 rings (SSSR count). The second kappa shape index (κ2) is 6.46. The largest absolute Gasteiger partial charge is 0.271 e. The van der Waals surface area contributed by atoms with Crippen molar-refractivity contribution in [1.82, 2.24) is 10.4 Å². The summed E-state index contributed by atoms with van der Waals surface area (Å²) < 4.78 is 0. The molecule has 1 aromatic heterocycles. The molecule has 0 saturated heterocycles. The van der Waals surface area contributed by atoms with Crippen LogP contribution in [0.2, 0.25) is 5.15 Å². The molecule has 1 amide bonds. The summed E-state index contributed by atoms with van der Waals surface area (Å²) in [6.07, 6.45) is 0. The molecule has 2 aromatic rings. The van der Waals surface area contributed by atoms with Crippen molar-refractivity contribution < 1.29 is 4.79 Å². The fourth-order valence-electron chi connectivity index (χ4n) is 1.90. The number of nitrogens with one attached hydrogen (secondary N) is 1. The number of carbonyl (C=O) groups is 1. The summed E-state index contributed by atoms with van der Waals surface area (Å²) in [4.78, 5) is 16.3. The monoisotopic (exact) mass is 314 g/mol. The van der Waals surface area contributed by atoms with Crippen molar-refractivity contribution in [2.24, 2.45) is 0 Å². The van der Waals surface area contributed by atoms with Gasteiger partial charge in [-0.1, -0.05) is 29.3 Å². The summed E-state index contributed by atoms with van der Waals surface area (Å²) in [7, 11) is 1.66. The number of hydrogen-bond donors (Lipinski definition) is 1. The minimum atomic E-state index is -0.248. The lowest BCUT2D eigenvalue weighted by Gasteiger charge is -2.20. The van der Waals surface area contributed by atoms with E-state index >= 15 is 0 Å². The number of aromatic nitrogens is 1. The number of anilines is 1. The van der Waals surface area contributed by atoms with E-state index in [0.717, 1.165) is 5.56 Å². The fourth-order valence-corrected chi connectivity index (χ4v) is 2.18. The van der Waals surface area contributed by atoms with Gasteiger partial charge in [-0.3, -0.25) is 15.2 Å². The van der Waals surface area contributed by atoms with E-state index in [1.165, 1.54) is 5.01 Å². The average Bonchev–Trinajstić information content (AvgIpc) is 2.47. The van der Waals surface area contributed by atoms with Gasteiger partial charge in [-0.05, 0) is 37.6 Å². The van der Waals surface area contributed by atoms with Crippen molar-refractivity contribution in [2.75, 3.05) is 12.1 Å². The Kier molecular flexibility index (Phi) is 4.64. The van der Waals surface area contributed by atoms with E-state index in [1.807, 2.05) is 25.1 Å². The zero-order valence-corrected chi connectivity index (χ0v) is 13.3. The highest BCUT2D eigenvalue weighted by Crippen LogP contribution is 2.21. The lowest BCUT2D eigenvalue weighted by molar-refractivity contribution is 0.0951. The molecule has 0 atom stereocenters. The van der Waals surface area contributed by atoms with Gasteiger partial charge in [0.1, 0.15) is 17.0 Å². The number of nitrogens with zero attached hydrogens (tertiary/aromatic N) is 3. The molecule has 1 heterocycles. The summed E-state index contributed by atoms with van der Waals surface area (Å²) >= 11 is 5.98. The van der Waals surface area contributed by atoms with Gasteiger partial charge in [0.2, 0.25) is 0 Å². The van der Waals surface area contributed by atoms with Gasteiger partial charge in [0.05, 0.1) is 5.56 Å². The van der Waals surface area contributed by atoms with Crippen molar-refractivity contribution in [3.63, 3.8) is 0 Å². The number of amides is 1. The second-order valence-electron chi connectivity index (χ2n) is 4.94. The maximum absolute atomic E-state index is 12.2. The highest BCUT2D eigenvalue weighted by Gasteiger charge is 2.13. The molecule has 0 fully saturated rings. The predicted molar refractivity (Wildman–Crippen MR) is 85.7 cm³/mol. The van der Waals surface area contributed by atoms with E-state index < -0.39 is 0 Å². The molecule has 0 radical (unpaired) electrons. The van der Waals surface area contributed by atoms with Gasteiger partial charge in [-0.25, -0.2) is 4.98 Å². The van der Waals surface area contributed by atoms with Crippen LogP contribution in [0.15, 0.2) is 30.3 Å². The third kappa shape index (κ3) is 3.35. The Morgan fingerprint density at radius 2 is 1.95 bits per heavy atom. The summed E-state index contributed by atoms with van der Waals surface area (Å²) in [5.41, 5.74) is 5.39. The molecular formula is C16H15ClN4O. The Balaban J connectivity index is 2.19. The topological polar surface area (TPSA) is 69.0 Å². The number of pyridine rings is 1. The summed E-state index contributed by atoms with van der Waals surface area (Å²) in [6.45, 7) is 3.73. The van der Waals surface area contributed by atoms with Crippen LogP contribution in [0.4, 0.5) is 5.82 Å². The fraction of sp³-hybridized carbons (Fsp3) is 0.188. The molecule has 5 nitrogen and oxygen atoms in total. The van der Waals surface area contributed by atoms with Crippen molar-refractivity contribution in [3.05, 3.63) is 57.7 Å². The SMILES string of the molecule is Cc1ccc(C(=O)NN(C)c2cc(C)c(C#N)c(Cl)n2)cc1. The number of aryl methyl sites for hydroxylation is 2. The van der Waals surface area contributed by atoms with Gasteiger partial charge in [0.25, 0.3) is 5.91 Å². The third-order valence-corrected chi connectivity index (χ3v) is 3.47. The molecule has 0 bridgehead atoms. The van der Waals surface area contributed by atoms with Gasteiger partial charge >= 0.3 is 0 Å². The standard InChI is InChI=1S/C16H15ClN4O/c1-10-4-6-12(7-5-10)16(22)20-21(3)14-8-11(2)13(9-18)15(17)19-14/h4-8H,1-3H3,(H,20,22). The van der Waals surface area contributed by atoms with Crippen molar-refractivity contribution in [3.8, 4) is 6.07 Å². The first-order valence-electron chi connectivity index (χ1n) is 6.61. The van der Waals surface area contributed by atoms with Crippen molar-refractivity contribution in [1.29, 1.82) is 5.26 Å². The molecule has 0 aliphatic carbocycles. The average molecular weight is 315 g/mol. The lowest BCUT2D eigenvalue weighted by Crippen LogP contribution is -2.40. The quantitative estimate of drug-likeness (QED) is 0.698. The number of hydrazine groups is 1. The van der Waals surface area contributed by atoms with Gasteiger partial charge in [-0.2, -0.15) is 5.26 Å². The molecule has 1 aromatic carbocycles. The van der Waals surface area contributed by atoms with E-state index in [4.69, 9.17) is 16.9 Å². The Bertz CT molecular complexity index is 727. The first-order valence-corrected chi connectivity index (χ1v) is 6.99. The molecule has 0 unspecified atom stereocenters. The smallest absolute Gasteiger partial charge is 0.269 e. The van der Waals surface area contributed by atoms with Crippen LogP contribution in [-0.2, 0) is 0 Å². The number of carbonyl (C=O) groups excluding carboxylic acids is 1. The number of rotatable bonds is 3. The first kappa shape index (κ1) is 15.8. The van der Waals surface area contributed by atoms with Crippen molar-refractivity contribution >= 4 is 23.3 Å². The van der Waals surface area contributed by atoms with E-state index in [1.54, 1.807) is 32.2 Å². The van der Waals surface area contributed by atoms with Gasteiger partial charge in [0.15, 0.2) is 0 Å². The summed E-state index contributed by atoms with van der Waals surface area (Å²) in [5, 5.41) is 10.6. The van der Waals surface area contributed by atoms with Crippen LogP contribution >= 0.6 is 11.6 Å². The molecule has 1 N–H and O–H groups in total. The lowest BCUT2D eigenvalue weighted by atomic mass is 10.1. The molecule has 0 spiro atoms. The van der Waals surface area contributed by atoms with Crippen molar-refractivity contribution in [2.45, 2.75) is 13.8 Å². The Morgan fingerprint density at radius 3 is 2.50 bits per heavy atom. The predicted octanol–water partition coefficient (Wildman–Crippen LogP) is 3.00. The normalized spacial score (nSPS) is 9.95. The molecule has 6 heteroatoms. The van der Waals surface area contributed by atoms with Gasteiger partial charge < -0.3 is 0 Å².